The van der Waals surface area contributed by atoms with Gasteiger partial charge in [0.25, 0.3) is 0 Å². The maximum absolute atomic E-state index is 11.6. The van der Waals surface area contributed by atoms with Crippen LogP contribution in [0.3, 0.4) is 0 Å². The number of nitrogens with two attached hydrogens (primary N) is 1. The Bertz CT molecular complexity index is 316. The van der Waals surface area contributed by atoms with E-state index in [0.717, 1.165) is 4.90 Å². The highest BCUT2D eigenvalue weighted by Gasteiger charge is 2.58. The Morgan fingerprint density at radius 3 is 2.50 bits per heavy atom. The Morgan fingerprint density at radius 1 is 1.56 bits per heavy atom. The van der Waals surface area contributed by atoms with Crippen molar-refractivity contribution in [3.8, 4) is 0 Å². The average Bonchev–Trinajstić information content (AvgIpc) is 2.32. The lowest BCUT2D eigenvalue weighted by Gasteiger charge is -2.36. The van der Waals surface area contributed by atoms with Gasteiger partial charge in [0, 0.05) is 13.0 Å². The van der Waals surface area contributed by atoms with Crippen LogP contribution >= 0.6 is 0 Å². The number of primary amides is 1. The van der Waals surface area contributed by atoms with E-state index in [-0.39, 0.29) is 13.0 Å². The minimum Gasteiger partial charge on any atom is -0.438 e. The van der Waals surface area contributed by atoms with Gasteiger partial charge in [-0.15, -0.1) is 0 Å². The fraction of sp³-hybridized carbons (Fsp3) is 0.800. The lowest BCUT2D eigenvalue weighted by molar-refractivity contribution is -0.139. The predicted molar refractivity (Wildman–Crippen MR) is 56.3 cm³/mol. The molecule has 6 heteroatoms. The first-order valence-electron chi connectivity index (χ1n) is 5.26. The van der Waals surface area contributed by atoms with Gasteiger partial charge in [0.1, 0.15) is 0 Å². The molecule has 0 bridgehead atoms. The summed E-state index contributed by atoms with van der Waals surface area (Å²) in [6.45, 7) is 5.05. The monoisotopic (exact) mass is 230 g/mol. The van der Waals surface area contributed by atoms with Crippen molar-refractivity contribution in [3.05, 3.63) is 0 Å². The smallest absolute Gasteiger partial charge is 0.412 e. The molecule has 1 aliphatic rings. The van der Waals surface area contributed by atoms with Gasteiger partial charge in [0.15, 0.2) is 11.3 Å². The number of cyclic esters (lactones) is 1. The summed E-state index contributed by atoms with van der Waals surface area (Å²) in [4.78, 5) is 23.4. The first kappa shape index (κ1) is 12.8. The van der Waals surface area contributed by atoms with Crippen LogP contribution < -0.4 is 5.73 Å². The lowest BCUT2D eigenvalue weighted by Crippen LogP contribution is -2.55. The number of nitrogens with zero attached hydrogens (tertiary/aromatic N) is 1. The zero-order valence-corrected chi connectivity index (χ0v) is 9.82. The van der Waals surface area contributed by atoms with E-state index in [1.54, 1.807) is 6.92 Å². The highest BCUT2D eigenvalue weighted by molar-refractivity contribution is 5.76. The zero-order chi connectivity index (χ0) is 12.6. The summed E-state index contributed by atoms with van der Waals surface area (Å²) in [5, 5.41) is 10.3. The Labute approximate surface area is 94.3 Å². The average molecular weight is 230 g/mol. The van der Waals surface area contributed by atoms with Gasteiger partial charge >= 0.3 is 6.09 Å². The third-order valence-electron chi connectivity index (χ3n) is 3.32. The van der Waals surface area contributed by atoms with E-state index >= 15 is 0 Å². The SMILES string of the molecule is CC[C@]1(C)OC(=O)N(CCC(N)=O)[C@@]1(C)O. The van der Waals surface area contributed by atoms with Crippen molar-refractivity contribution in [1.29, 1.82) is 0 Å². The summed E-state index contributed by atoms with van der Waals surface area (Å²) in [6.07, 6.45) is -0.125. The Kier molecular flexibility index (Phi) is 3.14. The van der Waals surface area contributed by atoms with Crippen LogP contribution in [0.1, 0.15) is 33.6 Å². The molecule has 2 amide bonds. The minimum atomic E-state index is -1.42. The molecule has 3 N–H and O–H groups in total. The van der Waals surface area contributed by atoms with Crippen molar-refractivity contribution in [1.82, 2.24) is 4.90 Å². The Balaban J connectivity index is 2.86. The molecule has 0 radical (unpaired) electrons. The van der Waals surface area contributed by atoms with Crippen LogP contribution in [0.2, 0.25) is 0 Å². The first-order chi connectivity index (χ1) is 7.24. The number of ether oxygens (including phenoxy) is 1. The summed E-state index contributed by atoms with van der Waals surface area (Å²) in [5.41, 5.74) is 2.63. The Morgan fingerprint density at radius 2 is 2.12 bits per heavy atom. The highest BCUT2D eigenvalue weighted by Crippen LogP contribution is 2.39. The van der Waals surface area contributed by atoms with Gasteiger partial charge in [-0.25, -0.2) is 4.79 Å². The number of amides is 2. The largest absolute Gasteiger partial charge is 0.438 e. The highest BCUT2D eigenvalue weighted by atomic mass is 16.6. The zero-order valence-electron chi connectivity index (χ0n) is 9.82. The third-order valence-corrected chi connectivity index (χ3v) is 3.32. The number of carbonyl (C=O) groups excluding carboxylic acids is 2. The number of aliphatic hydroxyl groups is 1. The molecule has 0 aromatic carbocycles. The molecule has 2 atom stereocenters. The maximum atomic E-state index is 11.6. The van der Waals surface area contributed by atoms with Crippen molar-refractivity contribution >= 4 is 12.0 Å². The van der Waals surface area contributed by atoms with E-state index < -0.39 is 23.3 Å². The fourth-order valence-corrected chi connectivity index (χ4v) is 1.75. The topological polar surface area (TPSA) is 92.9 Å². The van der Waals surface area contributed by atoms with E-state index in [4.69, 9.17) is 10.5 Å². The summed E-state index contributed by atoms with van der Waals surface area (Å²) in [5.74, 6) is -0.520. The molecule has 0 aromatic heterocycles. The van der Waals surface area contributed by atoms with Crippen LogP contribution in [0.25, 0.3) is 0 Å². The van der Waals surface area contributed by atoms with Crippen LogP contribution in [0.4, 0.5) is 4.79 Å². The van der Waals surface area contributed by atoms with E-state index in [2.05, 4.69) is 0 Å². The second-order valence-electron chi connectivity index (χ2n) is 4.34. The summed E-state index contributed by atoms with van der Waals surface area (Å²) in [7, 11) is 0. The number of hydrogen-bond donors (Lipinski definition) is 2. The van der Waals surface area contributed by atoms with Gasteiger partial charge in [0.2, 0.25) is 5.91 Å². The van der Waals surface area contributed by atoms with Crippen LogP contribution in [0.15, 0.2) is 0 Å². The molecular weight excluding hydrogens is 212 g/mol. The van der Waals surface area contributed by atoms with Gasteiger partial charge in [-0.05, 0) is 20.3 Å². The van der Waals surface area contributed by atoms with E-state index in [1.165, 1.54) is 6.92 Å². The number of carbonyl (C=O) groups is 2. The molecule has 0 unspecified atom stereocenters. The second kappa shape index (κ2) is 3.93. The summed E-state index contributed by atoms with van der Waals surface area (Å²) < 4.78 is 5.14. The summed E-state index contributed by atoms with van der Waals surface area (Å²) in [6, 6.07) is 0. The first-order valence-corrected chi connectivity index (χ1v) is 5.26. The van der Waals surface area contributed by atoms with Gasteiger partial charge in [-0.1, -0.05) is 6.92 Å². The predicted octanol–water partition coefficient (Wildman–Crippen LogP) is 0.191. The molecule has 0 aliphatic carbocycles. The van der Waals surface area contributed by atoms with E-state index in [9.17, 15) is 14.7 Å². The molecule has 0 spiro atoms. The van der Waals surface area contributed by atoms with Crippen molar-refractivity contribution in [2.75, 3.05) is 6.54 Å². The van der Waals surface area contributed by atoms with Crippen LogP contribution in [0, 0.1) is 0 Å². The number of hydrogen-bond acceptors (Lipinski definition) is 4. The summed E-state index contributed by atoms with van der Waals surface area (Å²) >= 11 is 0. The van der Waals surface area contributed by atoms with E-state index in [0.29, 0.717) is 6.42 Å². The molecule has 1 heterocycles. The molecule has 92 valence electrons. The van der Waals surface area contributed by atoms with Crippen molar-refractivity contribution in [2.24, 2.45) is 5.73 Å². The van der Waals surface area contributed by atoms with E-state index in [1.807, 2.05) is 6.92 Å². The van der Waals surface area contributed by atoms with Crippen molar-refractivity contribution in [3.63, 3.8) is 0 Å². The molecule has 1 saturated heterocycles. The second-order valence-corrected chi connectivity index (χ2v) is 4.34. The molecule has 0 aromatic rings. The fourth-order valence-electron chi connectivity index (χ4n) is 1.75. The Hall–Kier alpha value is -1.30. The standard InChI is InChI=1S/C10H18N2O4/c1-4-9(2)10(3,15)12(8(14)16-9)6-5-7(11)13/h15H,4-6H2,1-3H3,(H2,11,13)/t9-,10-/m0/s1. The molecule has 16 heavy (non-hydrogen) atoms. The lowest BCUT2D eigenvalue weighted by atomic mass is 9.91. The van der Waals surface area contributed by atoms with Crippen LogP contribution in [-0.4, -0.2) is 39.9 Å². The van der Waals surface area contributed by atoms with Gasteiger partial charge < -0.3 is 15.6 Å². The van der Waals surface area contributed by atoms with Gasteiger partial charge in [0.05, 0.1) is 0 Å². The maximum Gasteiger partial charge on any atom is 0.412 e. The molecule has 0 saturated carbocycles. The third kappa shape index (κ3) is 1.84. The molecular formula is C10H18N2O4. The quantitative estimate of drug-likeness (QED) is 0.721. The molecule has 1 aliphatic heterocycles. The van der Waals surface area contributed by atoms with Crippen molar-refractivity contribution in [2.45, 2.75) is 44.9 Å². The molecule has 6 nitrogen and oxygen atoms in total. The minimum absolute atomic E-state index is 0.00500. The molecule has 1 fully saturated rings. The van der Waals surface area contributed by atoms with Crippen LogP contribution in [-0.2, 0) is 9.53 Å². The normalized spacial score (nSPS) is 34.0. The van der Waals surface area contributed by atoms with Gasteiger partial charge in [-0.3, -0.25) is 9.69 Å². The molecule has 1 rings (SSSR count). The van der Waals surface area contributed by atoms with Crippen LogP contribution in [0.5, 0.6) is 0 Å². The van der Waals surface area contributed by atoms with Gasteiger partial charge in [-0.2, -0.15) is 0 Å². The number of rotatable bonds is 4. The van der Waals surface area contributed by atoms with Crippen molar-refractivity contribution < 1.29 is 19.4 Å².